The summed E-state index contributed by atoms with van der Waals surface area (Å²) >= 11 is 0. The van der Waals surface area contributed by atoms with E-state index in [1.807, 2.05) is 270 Å². The van der Waals surface area contributed by atoms with Crippen LogP contribution < -0.4 is 44.6 Å². The summed E-state index contributed by atoms with van der Waals surface area (Å²) in [6, 6.07) is 75.7. The Morgan fingerprint density at radius 2 is 0.489 bits per heavy atom. The summed E-state index contributed by atoms with van der Waals surface area (Å²) in [7, 11) is 0. The zero-order chi connectivity index (χ0) is 95.3. The molecule has 2 unspecified atom stereocenters. The average molecular weight is 1810 g/mol. The minimum absolute atomic E-state index is 0.0151. The quantitative estimate of drug-likeness (QED) is 0.0363. The van der Waals surface area contributed by atoms with Gasteiger partial charge in [-0.1, -0.05) is 170 Å². The van der Waals surface area contributed by atoms with E-state index >= 15 is 0 Å². The standard InChI is InChI=1S/3C26H21N7O.C20H14N4O2.C6H9N3/c3*1-16(21-15-28-12-13-30-21)31-26(34)24-25(27)33-22(17-6-3-2-4-7-17)23(32-24)19-9-10-20-18(14-19)8-5-11-29-20;21-19-18(20(25)26)23-17(16(24-19)12-5-2-1-3-6-12)14-8-9-15-13(11-14)7-4-10-22-15;1-5(7)6-4-8-2-3-9-6/h3*2-16H,1H3,(H2,27,33)(H,31,34);1-11H,(H2,21,24)(H,25,26);2-5H,7H2,1H3/t2*16-;;;/m10.../s1. The van der Waals surface area contributed by atoms with Crippen LogP contribution in [0.25, 0.3) is 134 Å². The van der Waals surface area contributed by atoms with Crippen LogP contribution in [-0.2, 0) is 0 Å². The second kappa shape index (κ2) is 42.8. The molecule has 0 radical (unpaired) electrons. The number of nitrogens with zero attached hydrogens (tertiary/aromatic N) is 20. The molecule has 0 saturated heterocycles. The van der Waals surface area contributed by atoms with Crippen molar-refractivity contribution in [1.82, 2.24) is 116 Å². The van der Waals surface area contributed by atoms with E-state index in [1.54, 1.807) is 99.1 Å². The van der Waals surface area contributed by atoms with Gasteiger partial charge in [0.2, 0.25) is 0 Å². The topological polar surface area (TPSA) is 512 Å². The van der Waals surface area contributed by atoms with E-state index in [1.165, 1.54) is 0 Å². The number of carbonyl (C=O) groups excluding carboxylic acids is 3. The first-order valence-electron chi connectivity index (χ1n) is 43.0. The third kappa shape index (κ3) is 22.1. The minimum Gasteiger partial charge on any atom is -0.476 e. The predicted molar refractivity (Wildman–Crippen MR) is 526 cm³/mol. The van der Waals surface area contributed by atoms with E-state index in [-0.39, 0.29) is 70.2 Å². The zero-order valence-electron chi connectivity index (χ0n) is 74.1. The van der Waals surface area contributed by atoms with Crippen molar-refractivity contribution in [2.75, 3.05) is 22.9 Å². The molecule has 12 heterocycles. The van der Waals surface area contributed by atoms with Crippen LogP contribution in [0.1, 0.15) is 117 Å². The first kappa shape index (κ1) is 91.4. The highest BCUT2D eigenvalue weighted by Crippen LogP contribution is 2.38. The Morgan fingerprint density at radius 3 is 0.715 bits per heavy atom. The number of amides is 3. The van der Waals surface area contributed by atoms with Gasteiger partial charge in [-0.05, 0) is 100 Å². The molecule has 4 atom stereocenters. The van der Waals surface area contributed by atoms with Crippen LogP contribution in [0.2, 0.25) is 0 Å². The van der Waals surface area contributed by atoms with Crippen LogP contribution in [0.5, 0.6) is 0 Å². The highest BCUT2D eigenvalue weighted by molar-refractivity contribution is 6.02. The minimum atomic E-state index is -1.21. The molecule has 20 aromatic rings. The van der Waals surface area contributed by atoms with Crippen molar-refractivity contribution in [3.05, 3.63) is 387 Å². The molecule has 0 aliphatic rings. The molecule has 14 N–H and O–H groups in total. The summed E-state index contributed by atoms with van der Waals surface area (Å²) in [4.78, 5) is 138. The Labute approximate surface area is 784 Å². The second-order valence-electron chi connectivity index (χ2n) is 30.9. The number of nitrogen functional groups attached to an aromatic ring is 4. The van der Waals surface area contributed by atoms with Gasteiger partial charge in [0.25, 0.3) is 17.7 Å². The summed E-state index contributed by atoms with van der Waals surface area (Å²) in [5.74, 6) is -2.48. The third-order valence-electron chi connectivity index (χ3n) is 21.4. The number of nitrogens with one attached hydrogen (secondary N) is 3. The number of hydrogen-bond acceptors (Lipinski definition) is 29. The number of pyridine rings is 4. The van der Waals surface area contributed by atoms with Crippen molar-refractivity contribution < 1.29 is 24.3 Å². The summed E-state index contributed by atoms with van der Waals surface area (Å²) in [6.07, 6.45) is 26.2. The Morgan fingerprint density at radius 1 is 0.255 bits per heavy atom. The van der Waals surface area contributed by atoms with Crippen LogP contribution in [0, 0.1) is 0 Å². The van der Waals surface area contributed by atoms with Gasteiger partial charge in [-0.3, -0.25) is 74.2 Å². The summed E-state index contributed by atoms with van der Waals surface area (Å²) in [6.45, 7) is 7.34. The maximum Gasteiger partial charge on any atom is 0.358 e. The van der Waals surface area contributed by atoms with Gasteiger partial charge in [0, 0.05) is 153 Å². The van der Waals surface area contributed by atoms with Crippen LogP contribution in [0.4, 0.5) is 23.3 Å². The van der Waals surface area contributed by atoms with Crippen LogP contribution >= 0.6 is 0 Å². The largest absolute Gasteiger partial charge is 0.476 e. The maximum absolute atomic E-state index is 13.1. The first-order valence-corrected chi connectivity index (χ1v) is 43.0. The van der Waals surface area contributed by atoms with Gasteiger partial charge in [0.1, 0.15) is 0 Å². The van der Waals surface area contributed by atoms with E-state index in [9.17, 15) is 24.3 Å². The summed E-state index contributed by atoms with van der Waals surface area (Å²) < 4.78 is 0. The lowest BCUT2D eigenvalue weighted by molar-refractivity contribution is 0.0690. The van der Waals surface area contributed by atoms with Crippen LogP contribution in [0.3, 0.4) is 0 Å². The molecule has 3 amide bonds. The van der Waals surface area contributed by atoms with E-state index < -0.39 is 23.7 Å². The van der Waals surface area contributed by atoms with E-state index in [0.29, 0.717) is 62.6 Å². The lowest BCUT2D eigenvalue weighted by Crippen LogP contribution is -2.29. The second-order valence-corrected chi connectivity index (χ2v) is 30.9. The number of nitrogens with two attached hydrogens (primary N) is 5. The molecule has 8 aromatic carbocycles. The normalized spacial score (nSPS) is 11.7. The molecule has 137 heavy (non-hydrogen) atoms. The van der Waals surface area contributed by atoms with Crippen LogP contribution in [0.15, 0.2) is 342 Å². The van der Waals surface area contributed by atoms with Gasteiger partial charge < -0.3 is 49.7 Å². The van der Waals surface area contributed by atoms with Crippen LogP contribution in [-0.4, -0.2) is 128 Å². The number of carboxylic acids is 1. The van der Waals surface area contributed by atoms with Gasteiger partial charge >= 0.3 is 5.97 Å². The number of anilines is 4. The Kier molecular flexibility index (Phi) is 28.5. The molecule has 0 aliphatic heterocycles. The number of carbonyl (C=O) groups is 4. The lowest BCUT2D eigenvalue weighted by Gasteiger charge is -2.16. The van der Waals surface area contributed by atoms with E-state index in [4.69, 9.17) is 43.6 Å². The maximum atomic E-state index is 13.1. The molecule has 0 saturated carbocycles. The molecular weight excluding hydrogens is 1720 g/mol. The number of carboxylic acid groups (broad SMARTS) is 1. The molecule has 672 valence electrons. The van der Waals surface area contributed by atoms with Gasteiger partial charge in [-0.15, -0.1) is 0 Å². The number of hydrogen-bond donors (Lipinski definition) is 9. The monoisotopic (exact) mass is 1810 g/mol. The molecular formula is C104H86N28O5. The summed E-state index contributed by atoms with van der Waals surface area (Å²) in [5, 5.41) is 21.8. The van der Waals surface area contributed by atoms with Gasteiger partial charge in [0.05, 0.1) is 127 Å². The van der Waals surface area contributed by atoms with Crippen molar-refractivity contribution in [2.24, 2.45) is 5.73 Å². The van der Waals surface area contributed by atoms with E-state index in [2.05, 4.69) is 101 Å². The van der Waals surface area contributed by atoms with Gasteiger partial charge in [0.15, 0.2) is 46.0 Å². The molecule has 0 spiro atoms. The lowest BCUT2D eigenvalue weighted by atomic mass is 10.0. The highest BCUT2D eigenvalue weighted by Gasteiger charge is 2.28. The third-order valence-corrected chi connectivity index (χ3v) is 21.4. The van der Waals surface area contributed by atoms with Gasteiger partial charge in [-0.2, -0.15) is 0 Å². The highest BCUT2D eigenvalue weighted by atomic mass is 16.4. The smallest absolute Gasteiger partial charge is 0.358 e. The van der Waals surface area contributed by atoms with Crippen molar-refractivity contribution in [3.8, 4) is 90.1 Å². The summed E-state index contributed by atoms with van der Waals surface area (Å²) in [5.41, 5.74) is 47.1. The van der Waals surface area contributed by atoms with E-state index in [0.717, 1.165) is 93.8 Å². The number of benzene rings is 8. The van der Waals surface area contributed by atoms with Crippen molar-refractivity contribution in [3.63, 3.8) is 0 Å². The number of aromatic carboxylic acids is 1. The Bertz CT molecular complexity index is 7160. The number of fused-ring (bicyclic) bond motifs is 4. The SMILES string of the molecule is CC(N)c1cnccn1.CC(NC(=O)c1nc(-c2ccc3ncccc3c2)c(-c2ccccc2)nc1N)c1cnccn1.C[C@@H](NC(=O)c1nc(-c2ccc3ncccc3c2)c(-c2ccccc2)nc1N)c1cnccn1.C[C@H](NC(=O)c1nc(-c2ccc3ncccc3c2)c(-c2ccccc2)nc1N)c1cnccn1.Nc1nc(-c2ccccc2)c(-c2ccc3ncccc3c2)nc1C(=O)O. The fourth-order valence-corrected chi connectivity index (χ4v) is 14.5. The molecule has 0 aliphatic carbocycles. The molecule has 33 heteroatoms. The van der Waals surface area contributed by atoms with Gasteiger partial charge in [-0.25, -0.2) is 44.7 Å². The number of rotatable bonds is 19. The Hall–Kier alpha value is -18.9. The molecule has 0 bridgehead atoms. The molecule has 12 aromatic heterocycles. The number of aromatic nitrogens is 20. The van der Waals surface area contributed by atoms with Crippen molar-refractivity contribution in [2.45, 2.75) is 51.9 Å². The first-order chi connectivity index (χ1) is 66.7. The molecule has 20 rings (SSSR count). The molecule has 0 fully saturated rings. The predicted octanol–water partition coefficient (Wildman–Crippen LogP) is 16.8. The zero-order valence-corrected chi connectivity index (χ0v) is 74.1. The Balaban J connectivity index is 0.000000129. The molecule has 33 nitrogen and oxygen atoms in total. The fraction of sp³-hybridized carbons (Fsp3) is 0.0769. The average Bonchev–Trinajstić information content (AvgIpc) is 0.788. The van der Waals surface area contributed by atoms with Crippen molar-refractivity contribution in [1.29, 1.82) is 0 Å². The fourth-order valence-electron chi connectivity index (χ4n) is 14.5. The van der Waals surface area contributed by atoms with Crippen molar-refractivity contribution >= 4 is 90.6 Å².